The van der Waals surface area contributed by atoms with Crippen LogP contribution in [-0.2, 0) is 0 Å². The van der Waals surface area contributed by atoms with Crippen LogP contribution in [0.25, 0.3) is 16.8 Å². The topological polar surface area (TPSA) is 30.2 Å². The van der Waals surface area contributed by atoms with Crippen LogP contribution < -0.4 is 0 Å². The molecule has 1 aromatic carbocycles. The lowest BCUT2D eigenvalue weighted by Gasteiger charge is -2.24. The molecule has 1 fully saturated rings. The third-order valence-electron chi connectivity index (χ3n) is 4.60. The molecule has 0 atom stereocenters. The van der Waals surface area contributed by atoms with Crippen molar-refractivity contribution in [3.63, 3.8) is 0 Å². The fourth-order valence-electron chi connectivity index (χ4n) is 3.51. The lowest BCUT2D eigenvalue weighted by atomic mass is 9.84. The highest BCUT2D eigenvalue weighted by atomic mass is 19.1. The molecule has 22 heavy (non-hydrogen) atoms. The molecule has 0 amide bonds. The Labute approximate surface area is 128 Å². The quantitative estimate of drug-likeness (QED) is 0.692. The number of halogens is 1. The fraction of sp³-hybridized carbons (Fsp3) is 0.333. The zero-order valence-electron chi connectivity index (χ0n) is 12.4. The monoisotopic (exact) mass is 295 g/mol. The average molecular weight is 295 g/mol. The van der Waals surface area contributed by atoms with Gasteiger partial charge in [-0.15, -0.1) is 0 Å². The van der Waals surface area contributed by atoms with Gasteiger partial charge >= 0.3 is 0 Å². The number of nitrogens with zero attached hydrogens (tertiary/aromatic N) is 3. The van der Waals surface area contributed by atoms with Crippen LogP contribution >= 0.6 is 0 Å². The van der Waals surface area contributed by atoms with E-state index in [-0.39, 0.29) is 5.82 Å². The third kappa shape index (κ3) is 2.28. The Hall–Kier alpha value is -2.23. The van der Waals surface area contributed by atoms with Gasteiger partial charge in [0.1, 0.15) is 5.82 Å². The summed E-state index contributed by atoms with van der Waals surface area (Å²) in [4.78, 5) is 4.50. The maximum Gasteiger partial charge on any atom is 0.155 e. The summed E-state index contributed by atoms with van der Waals surface area (Å²) in [6.45, 7) is 0. The molecular formula is C18H18FN3. The number of hydrogen-bond donors (Lipinski definition) is 0. The van der Waals surface area contributed by atoms with E-state index < -0.39 is 0 Å². The minimum atomic E-state index is -0.212. The molecule has 4 rings (SSSR count). The maximum absolute atomic E-state index is 13.2. The zero-order chi connectivity index (χ0) is 14.9. The van der Waals surface area contributed by atoms with Gasteiger partial charge < -0.3 is 0 Å². The van der Waals surface area contributed by atoms with Crippen molar-refractivity contribution >= 4 is 5.65 Å². The number of benzene rings is 1. The molecule has 3 nitrogen and oxygen atoms in total. The van der Waals surface area contributed by atoms with Crippen molar-refractivity contribution in [1.29, 1.82) is 0 Å². The van der Waals surface area contributed by atoms with E-state index in [2.05, 4.69) is 10.1 Å². The fourth-order valence-corrected chi connectivity index (χ4v) is 3.51. The Morgan fingerprint density at radius 1 is 1.00 bits per heavy atom. The highest BCUT2D eigenvalue weighted by molar-refractivity contribution is 5.67. The first-order valence-electron chi connectivity index (χ1n) is 7.91. The van der Waals surface area contributed by atoms with Crippen molar-refractivity contribution in [2.75, 3.05) is 0 Å². The van der Waals surface area contributed by atoms with Gasteiger partial charge in [-0.05, 0) is 30.5 Å². The molecule has 1 aliphatic carbocycles. The van der Waals surface area contributed by atoms with Gasteiger partial charge in [-0.3, -0.25) is 0 Å². The average Bonchev–Trinajstić information content (AvgIpc) is 3.04. The van der Waals surface area contributed by atoms with Crippen LogP contribution in [0.5, 0.6) is 0 Å². The van der Waals surface area contributed by atoms with E-state index in [1.165, 1.54) is 49.9 Å². The van der Waals surface area contributed by atoms with Crippen LogP contribution in [0.4, 0.5) is 4.39 Å². The van der Waals surface area contributed by atoms with E-state index in [1.54, 1.807) is 6.20 Å². The van der Waals surface area contributed by atoms with E-state index in [0.717, 1.165) is 16.8 Å². The SMILES string of the molecule is Fc1ccc(-c2cnc3ccnn3c2C2CCCCC2)cc1. The van der Waals surface area contributed by atoms with Crippen molar-refractivity contribution in [1.82, 2.24) is 14.6 Å². The van der Waals surface area contributed by atoms with E-state index in [9.17, 15) is 4.39 Å². The largest absolute Gasteiger partial charge is 0.236 e. The van der Waals surface area contributed by atoms with Gasteiger partial charge in [0, 0.05) is 23.7 Å². The predicted octanol–water partition coefficient (Wildman–Crippen LogP) is 4.58. The Balaban J connectivity index is 1.91. The third-order valence-corrected chi connectivity index (χ3v) is 4.60. The van der Waals surface area contributed by atoms with Gasteiger partial charge in [0.15, 0.2) is 5.65 Å². The number of rotatable bonds is 2. The van der Waals surface area contributed by atoms with Crippen molar-refractivity contribution in [3.05, 3.63) is 54.2 Å². The molecule has 0 saturated heterocycles. The molecule has 0 bridgehead atoms. The molecule has 0 aliphatic heterocycles. The normalized spacial score (nSPS) is 16.2. The summed E-state index contributed by atoms with van der Waals surface area (Å²) in [6, 6.07) is 8.60. The van der Waals surface area contributed by atoms with Gasteiger partial charge in [-0.25, -0.2) is 13.9 Å². The number of aromatic nitrogens is 3. The van der Waals surface area contributed by atoms with Crippen molar-refractivity contribution in [2.24, 2.45) is 0 Å². The van der Waals surface area contributed by atoms with Crippen LogP contribution in [-0.4, -0.2) is 14.6 Å². The second kappa shape index (κ2) is 5.52. The zero-order valence-corrected chi connectivity index (χ0v) is 12.4. The molecule has 0 unspecified atom stereocenters. The highest BCUT2D eigenvalue weighted by Crippen LogP contribution is 2.37. The predicted molar refractivity (Wildman–Crippen MR) is 84.2 cm³/mol. The number of fused-ring (bicyclic) bond motifs is 1. The molecule has 0 N–H and O–H groups in total. The van der Waals surface area contributed by atoms with Crippen molar-refractivity contribution in [2.45, 2.75) is 38.0 Å². The molecule has 0 radical (unpaired) electrons. The molecule has 112 valence electrons. The smallest absolute Gasteiger partial charge is 0.155 e. The van der Waals surface area contributed by atoms with E-state index >= 15 is 0 Å². The van der Waals surface area contributed by atoms with Crippen LogP contribution in [0, 0.1) is 5.82 Å². The van der Waals surface area contributed by atoms with Crippen LogP contribution in [0.1, 0.15) is 43.7 Å². The standard InChI is InChI=1S/C18H18FN3/c19-15-8-6-13(7-9-15)16-12-20-17-10-11-21-22(17)18(16)14-4-2-1-3-5-14/h6-12,14H,1-5H2. The second-order valence-corrected chi connectivity index (χ2v) is 6.00. The van der Waals surface area contributed by atoms with Gasteiger partial charge in [0.05, 0.1) is 11.9 Å². The Bertz CT molecular complexity index is 786. The first-order valence-corrected chi connectivity index (χ1v) is 7.91. The molecule has 1 saturated carbocycles. The molecule has 2 heterocycles. The van der Waals surface area contributed by atoms with E-state index in [1.807, 2.05) is 28.9 Å². The lowest BCUT2D eigenvalue weighted by Crippen LogP contribution is -2.12. The Kier molecular flexibility index (Phi) is 3.37. The van der Waals surface area contributed by atoms with E-state index in [4.69, 9.17) is 0 Å². The summed E-state index contributed by atoms with van der Waals surface area (Å²) in [5, 5.41) is 4.48. The summed E-state index contributed by atoms with van der Waals surface area (Å²) in [5.41, 5.74) is 4.18. The van der Waals surface area contributed by atoms with Crippen LogP contribution in [0.3, 0.4) is 0 Å². The Morgan fingerprint density at radius 3 is 2.55 bits per heavy atom. The minimum absolute atomic E-state index is 0.212. The minimum Gasteiger partial charge on any atom is -0.236 e. The summed E-state index contributed by atoms with van der Waals surface area (Å²) in [6.07, 6.45) is 9.92. The van der Waals surface area contributed by atoms with Crippen molar-refractivity contribution in [3.8, 4) is 11.1 Å². The van der Waals surface area contributed by atoms with Gasteiger partial charge in [-0.2, -0.15) is 5.10 Å². The van der Waals surface area contributed by atoms with Crippen LogP contribution in [0.15, 0.2) is 42.7 Å². The molecule has 0 spiro atoms. The highest BCUT2D eigenvalue weighted by Gasteiger charge is 2.23. The molecule has 4 heteroatoms. The summed E-state index contributed by atoms with van der Waals surface area (Å²) in [5.74, 6) is 0.287. The summed E-state index contributed by atoms with van der Waals surface area (Å²) in [7, 11) is 0. The first-order chi connectivity index (χ1) is 10.8. The Morgan fingerprint density at radius 2 is 1.77 bits per heavy atom. The summed E-state index contributed by atoms with van der Waals surface area (Å²) >= 11 is 0. The van der Waals surface area contributed by atoms with Gasteiger partial charge in [0.25, 0.3) is 0 Å². The van der Waals surface area contributed by atoms with E-state index in [0.29, 0.717) is 5.92 Å². The molecule has 2 aromatic heterocycles. The molecule has 1 aliphatic rings. The molecular weight excluding hydrogens is 277 g/mol. The second-order valence-electron chi connectivity index (χ2n) is 6.00. The van der Waals surface area contributed by atoms with Crippen LogP contribution in [0.2, 0.25) is 0 Å². The maximum atomic E-state index is 13.2. The number of hydrogen-bond acceptors (Lipinski definition) is 2. The van der Waals surface area contributed by atoms with Gasteiger partial charge in [-0.1, -0.05) is 31.4 Å². The lowest BCUT2D eigenvalue weighted by molar-refractivity contribution is 0.431. The van der Waals surface area contributed by atoms with Crippen molar-refractivity contribution < 1.29 is 4.39 Å². The first kappa shape index (κ1) is 13.4. The molecule has 3 aromatic rings. The van der Waals surface area contributed by atoms with Gasteiger partial charge in [0.2, 0.25) is 0 Å². The summed E-state index contributed by atoms with van der Waals surface area (Å²) < 4.78 is 15.2.